The number of nitrogens with two attached hydrogens (primary N) is 2. The van der Waals surface area contributed by atoms with Crippen molar-refractivity contribution in [3.8, 4) is 0 Å². The number of oxime groups is 1. The summed E-state index contributed by atoms with van der Waals surface area (Å²) in [7, 11) is 0. The summed E-state index contributed by atoms with van der Waals surface area (Å²) in [6, 6.07) is -0.981. The number of carbonyl (C=O) groups is 1. The zero-order valence-electron chi connectivity index (χ0n) is 9.76. The summed E-state index contributed by atoms with van der Waals surface area (Å²) in [6.45, 7) is 1.91. The summed E-state index contributed by atoms with van der Waals surface area (Å²) < 4.78 is 0. The molecule has 1 fully saturated rings. The van der Waals surface area contributed by atoms with E-state index >= 15 is 0 Å². The molecule has 0 radical (unpaired) electrons. The second-order valence-corrected chi connectivity index (χ2v) is 4.08. The number of hydrogen-bond acceptors (Lipinski definition) is 6. The van der Waals surface area contributed by atoms with Gasteiger partial charge in [-0.25, -0.2) is 0 Å². The maximum atomic E-state index is 10.6. The standard InChI is InChI=1S/C10H20N4O3/c11-5-7(4-9(12)10(15)16)14-17-8-2-1-3-13-6-8/h8-9,13H,1-6,11-12H2,(H,15,16)/t8?,9-/m0/s1. The molecule has 1 aliphatic heterocycles. The molecule has 6 N–H and O–H groups in total. The topological polar surface area (TPSA) is 123 Å². The van der Waals surface area contributed by atoms with Crippen LogP contribution >= 0.6 is 0 Å². The lowest BCUT2D eigenvalue weighted by Gasteiger charge is -2.21. The highest BCUT2D eigenvalue weighted by Crippen LogP contribution is 2.06. The highest BCUT2D eigenvalue weighted by atomic mass is 16.6. The van der Waals surface area contributed by atoms with Gasteiger partial charge < -0.3 is 26.7 Å². The van der Waals surface area contributed by atoms with Gasteiger partial charge in [0.15, 0.2) is 0 Å². The lowest BCUT2D eigenvalue weighted by molar-refractivity contribution is -0.138. The van der Waals surface area contributed by atoms with Crippen LogP contribution < -0.4 is 16.8 Å². The van der Waals surface area contributed by atoms with E-state index < -0.39 is 12.0 Å². The Balaban J connectivity index is 2.39. The number of nitrogens with one attached hydrogen (secondary N) is 1. The van der Waals surface area contributed by atoms with Gasteiger partial charge in [0, 0.05) is 19.5 Å². The SMILES string of the molecule is NCC(C[C@H](N)C(=O)O)=NOC1CCCNC1. The molecule has 0 aromatic carbocycles. The van der Waals surface area contributed by atoms with Crippen LogP contribution in [0.5, 0.6) is 0 Å². The van der Waals surface area contributed by atoms with E-state index in [9.17, 15) is 4.79 Å². The average molecular weight is 244 g/mol. The van der Waals surface area contributed by atoms with Gasteiger partial charge in [-0.1, -0.05) is 5.16 Å². The average Bonchev–Trinajstić information content (AvgIpc) is 2.35. The second-order valence-electron chi connectivity index (χ2n) is 4.08. The van der Waals surface area contributed by atoms with Crippen LogP contribution in [0.3, 0.4) is 0 Å². The third-order valence-electron chi connectivity index (χ3n) is 2.59. The Bertz CT molecular complexity index is 277. The van der Waals surface area contributed by atoms with E-state index in [0.717, 1.165) is 25.9 Å². The van der Waals surface area contributed by atoms with Gasteiger partial charge in [-0.3, -0.25) is 4.79 Å². The monoisotopic (exact) mass is 244 g/mol. The van der Waals surface area contributed by atoms with Crippen molar-refractivity contribution in [1.29, 1.82) is 0 Å². The quantitative estimate of drug-likeness (QED) is 0.346. The summed E-state index contributed by atoms with van der Waals surface area (Å²) >= 11 is 0. The van der Waals surface area contributed by atoms with Gasteiger partial charge in [-0.2, -0.15) is 0 Å². The van der Waals surface area contributed by atoms with Gasteiger partial charge in [0.05, 0.1) is 5.71 Å². The maximum Gasteiger partial charge on any atom is 0.320 e. The van der Waals surface area contributed by atoms with Gasteiger partial charge in [0.1, 0.15) is 12.1 Å². The fraction of sp³-hybridized carbons (Fsp3) is 0.800. The Hall–Kier alpha value is -1.18. The number of rotatable bonds is 6. The Morgan fingerprint density at radius 2 is 2.41 bits per heavy atom. The highest BCUT2D eigenvalue weighted by Gasteiger charge is 2.17. The van der Waals surface area contributed by atoms with Gasteiger partial charge >= 0.3 is 5.97 Å². The number of hydrogen-bond donors (Lipinski definition) is 4. The molecule has 2 atom stereocenters. The van der Waals surface area contributed by atoms with Crippen LogP contribution in [0.1, 0.15) is 19.3 Å². The van der Waals surface area contributed by atoms with E-state index in [1.807, 2.05) is 0 Å². The highest BCUT2D eigenvalue weighted by molar-refractivity contribution is 5.90. The molecular formula is C10H20N4O3. The molecule has 0 spiro atoms. The lowest BCUT2D eigenvalue weighted by Crippen LogP contribution is -2.36. The van der Waals surface area contributed by atoms with Crippen LogP contribution in [0.25, 0.3) is 0 Å². The number of piperidine rings is 1. The molecule has 1 saturated heterocycles. The first-order valence-corrected chi connectivity index (χ1v) is 5.74. The van der Waals surface area contributed by atoms with Crippen LogP contribution in [0, 0.1) is 0 Å². The Morgan fingerprint density at radius 1 is 1.65 bits per heavy atom. The number of nitrogens with zero attached hydrogens (tertiary/aromatic N) is 1. The van der Waals surface area contributed by atoms with Crippen molar-refractivity contribution in [2.75, 3.05) is 19.6 Å². The van der Waals surface area contributed by atoms with Crippen molar-refractivity contribution in [1.82, 2.24) is 5.32 Å². The van der Waals surface area contributed by atoms with Gasteiger partial charge in [-0.05, 0) is 19.4 Å². The molecule has 0 aromatic rings. The first-order chi connectivity index (χ1) is 8.13. The van der Waals surface area contributed by atoms with Crippen LogP contribution in [0.4, 0.5) is 0 Å². The molecule has 0 aliphatic carbocycles. The molecule has 1 aliphatic rings. The zero-order valence-corrected chi connectivity index (χ0v) is 9.76. The third kappa shape index (κ3) is 5.12. The van der Waals surface area contributed by atoms with Crippen LogP contribution in [-0.4, -0.2) is 48.6 Å². The molecule has 1 heterocycles. The molecule has 98 valence electrons. The molecule has 1 unspecified atom stereocenters. The molecular weight excluding hydrogens is 224 g/mol. The number of aliphatic carboxylic acids is 1. The zero-order chi connectivity index (χ0) is 12.7. The minimum absolute atomic E-state index is 0.0337. The van der Waals surface area contributed by atoms with Gasteiger partial charge in [0.2, 0.25) is 0 Å². The summed E-state index contributed by atoms with van der Waals surface area (Å²) in [5.74, 6) is -1.06. The molecule has 0 aromatic heterocycles. The number of carboxylic acid groups (broad SMARTS) is 1. The lowest BCUT2D eigenvalue weighted by atomic mass is 10.1. The number of carboxylic acids is 1. The van der Waals surface area contributed by atoms with Crippen molar-refractivity contribution in [3.05, 3.63) is 0 Å². The predicted molar refractivity (Wildman–Crippen MR) is 63.7 cm³/mol. The summed E-state index contributed by atoms with van der Waals surface area (Å²) in [4.78, 5) is 15.9. The molecule has 0 amide bonds. The maximum absolute atomic E-state index is 10.6. The van der Waals surface area contributed by atoms with E-state index in [1.165, 1.54) is 0 Å². The van der Waals surface area contributed by atoms with Gasteiger partial charge in [-0.15, -0.1) is 0 Å². The molecule has 0 saturated carbocycles. The van der Waals surface area contributed by atoms with Crippen LogP contribution in [0.2, 0.25) is 0 Å². The van der Waals surface area contributed by atoms with E-state index in [2.05, 4.69) is 10.5 Å². The van der Waals surface area contributed by atoms with Crippen molar-refractivity contribution >= 4 is 11.7 Å². The van der Waals surface area contributed by atoms with E-state index in [4.69, 9.17) is 21.4 Å². The fourth-order valence-corrected chi connectivity index (χ4v) is 1.56. The molecule has 1 rings (SSSR count). The summed E-state index contributed by atoms with van der Waals surface area (Å²) in [6.07, 6.45) is 2.14. The van der Waals surface area contributed by atoms with Crippen molar-refractivity contribution in [2.24, 2.45) is 16.6 Å². The van der Waals surface area contributed by atoms with Crippen LogP contribution in [-0.2, 0) is 9.63 Å². The third-order valence-corrected chi connectivity index (χ3v) is 2.59. The van der Waals surface area contributed by atoms with E-state index in [0.29, 0.717) is 5.71 Å². The summed E-state index contributed by atoms with van der Waals surface area (Å²) in [5, 5.41) is 15.8. The van der Waals surface area contributed by atoms with Crippen molar-refractivity contribution in [3.63, 3.8) is 0 Å². The van der Waals surface area contributed by atoms with E-state index in [-0.39, 0.29) is 19.1 Å². The Labute approximate surface area is 100 Å². The molecule has 7 nitrogen and oxygen atoms in total. The van der Waals surface area contributed by atoms with Crippen molar-refractivity contribution < 1.29 is 14.7 Å². The Kier molecular flexibility index (Phi) is 5.88. The summed E-state index contributed by atoms with van der Waals surface area (Å²) in [5.41, 5.74) is 11.3. The predicted octanol–water partition coefficient (Wildman–Crippen LogP) is -1.13. The van der Waals surface area contributed by atoms with Crippen molar-refractivity contribution in [2.45, 2.75) is 31.4 Å². The first kappa shape index (κ1) is 13.9. The fourth-order valence-electron chi connectivity index (χ4n) is 1.56. The van der Waals surface area contributed by atoms with E-state index in [1.54, 1.807) is 0 Å². The first-order valence-electron chi connectivity index (χ1n) is 5.74. The smallest absolute Gasteiger partial charge is 0.320 e. The minimum Gasteiger partial charge on any atom is -0.480 e. The molecule has 17 heavy (non-hydrogen) atoms. The Morgan fingerprint density at radius 3 is 2.94 bits per heavy atom. The normalized spacial score (nSPS) is 23.2. The second kappa shape index (κ2) is 7.21. The molecule has 7 heteroatoms. The largest absolute Gasteiger partial charge is 0.480 e. The molecule has 0 bridgehead atoms. The van der Waals surface area contributed by atoms with Crippen LogP contribution in [0.15, 0.2) is 5.16 Å². The van der Waals surface area contributed by atoms with Gasteiger partial charge in [0.25, 0.3) is 0 Å². The minimum atomic E-state index is -1.06.